The van der Waals surface area contributed by atoms with E-state index >= 15 is 0 Å². The molecular weight excluding hydrogens is 352 g/mol. The smallest absolute Gasteiger partial charge is 0.221 e. The van der Waals surface area contributed by atoms with Gasteiger partial charge in [0, 0.05) is 23.1 Å². The Balaban J connectivity index is 2.16. The third-order valence-electron chi connectivity index (χ3n) is 3.01. The fourth-order valence-corrected chi connectivity index (χ4v) is 2.74. The standard InChI is InChI=1S/C16H16BrClN2O/c1-10(19-16-7-6-13(17)9-15(16)18)12-4-3-5-14(8-12)20-11(2)21/h3-10,19H,1-2H3,(H,20,21). The molecule has 0 aliphatic carbocycles. The van der Waals surface area contributed by atoms with Crippen LogP contribution in [0.4, 0.5) is 11.4 Å². The Bertz CT molecular complexity index is 660. The van der Waals surface area contributed by atoms with E-state index in [1.807, 2.05) is 49.4 Å². The third kappa shape index (κ3) is 4.48. The van der Waals surface area contributed by atoms with Crippen LogP contribution in [0.1, 0.15) is 25.5 Å². The zero-order valence-electron chi connectivity index (χ0n) is 11.8. The normalized spacial score (nSPS) is 11.8. The van der Waals surface area contributed by atoms with Crippen molar-refractivity contribution in [2.24, 2.45) is 0 Å². The van der Waals surface area contributed by atoms with Gasteiger partial charge in [0.15, 0.2) is 0 Å². The van der Waals surface area contributed by atoms with Crippen LogP contribution in [0.15, 0.2) is 46.9 Å². The van der Waals surface area contributed by atoms with Crippen molar-refractivity contribution in [1.82, 2.24) is 0 Å². The van der Waals surface area contributed by atoms with Crippen LogP contribution in [0, 0.1) is 0 Å². The van der Waals surface area contributed by atoms with Crippen LogP contribution < -0.4 is 10.6 Å². The molecule has 0 radical (unpaired) electrons. The Morgan fingerprint density at radius 2 is 2.00 bits per heavy atom. The maximum atomic E-state index is 11.1. The first-order valence-corrected chi connectivity index (χ1v) is 7.72. The molecule has 0 aliphatic heterocycles. The quantitative estimate of drug-likeness (QED) is 0.776. The summed E-state index contributed by atoms with van der Waals surface area (Å²) in [6.07, 6.45) is 0. The van der Waals surface area contributed by atoms with Gasteiger partial charge in [-0.15, -0.1) is 0 Å². The summed E-state index contributed by atoms with van der Waals surface area (Å²) in [7, 11) is 0. The summed E-state index contributed by atoms with van der Waals surface area (Å²) in [6, 6.07) is 13.5. The molecule has 0 fully saturated rings. The number of rotatable bonds is 4. The molecule has 21 heavy (non-hydrogen) atoms. The van der Waals surface area contributed by atoms with Gasteiger partial charge in [0.25, 0.3) is 0 Å². The number of amides is 1. The molecule has 0 saturated carbocycles. The predicted molar refractivity (Wildman–Crippen MR) is 91.9 cm³/mol. The van der Waals surface area contributed by atoms with Crippen molar-refractivity contribution in [3.63, 3.8) is 0 Å². The van der Waals surface area contributed by atoms with Gasteiger partial charge in [0.2, 0.25) is 5.91 Å². The first kappa shape index (κ1) is 15.9. The van der Waals surface area contributed by atoms with E-state index < -0.39 is 0 Å². The maximum absolute atomic E-state index is 11.1. The molecule has 3 nitrogen and oxygen atoms in total. The summed E-state index contributed by atoms with van der Waals surface area (Å²) in [5.74, 6) is -0.0799. The Hall–Kier alpha value is -1.52. The van der Waals surface area contributed by atoms with Crippen LogP contribution in [0.25, 0.3) is 0 Å². The summed E-state index contributed by atoms with van der Waals surface area (Å²) >= 11 is 9.60. The molecule has 5 heteroatoms. The largest absolute Gasteiger partial charge is 0.377 e. The Kier molecular flexibility index (Phi) is 5.26. The minimum absolute atomic E-state index is 0.0670. The number of hydrogen-bond acceptors (Lipinski definition) is 2. The fraction of sp³-hybridized carbons (Fsp3) is 0.188. The number of carbonyl (C=O) groups is 1. The molecule has 0 spiro atoms. The van der Waals surface area contributed by atoms with Gasteiger partial charge < -0.3 is 10.6 Å². The molecule has 0 saturated heterocycles. The molecule has 1 amide bonds. The maximum Gasteiger partial charge on any atom is 0.221 e. The lowest BCUT2D eigenvalue weighted by molar-refractivity contribution is -0.114. The molecule has 1 atom stereocenters. The molecule has 110 valence electrons. The molecule has 0 heterocycles. The van der Waals surface area contributed by atoms with E-state index in [4.69, 9.17) is 11.6 Å². The highest BCUT2D eigenvalue weighted by Crippen LogP contribution is 2.29. The number of hydrogen-bond donors (Lipinski definition) is 2. The van der Waals surface area contributed by atoms with E-state index in [0.717, 1.165) is 21.4 Å². The molecular formula is C16H16BrClN2O. The zero-order valence-corrected chi connectivity index (χ0v) is 14.1. The lowest BCUT2D eigenvalue weighted by Gasteiger charge is -2.18. The summed E-state index contributed by atoms with van der Waals surface area (Å²) in [5, 5.41) is 6.81. The topological polar surface area (TPSA) is 41.1 Å². The van der Waals surface area contributed by atoms with Crippen LogP contribution >= 0.6 is 27.5 Å². The number of carbonyl (C=O) groups excluding carboxylic acids is 1. The molecule has 0 aliphatic rings. The van der Waals surface area contributed by atoms with Gasteiger partial charge in [0.05, 0.1) is 10.7 Å². The summed E-state index contributed by atoms with van der Waals surface area (Å²) in [6.45, 7) is 3.54. The minimum atomic E-state index is -0.0799. The fourth-order valence-electron chi connectivity index (χ4n) is 2.01. The van der Waals surface area contributed by atoms with E-state index in [0.29, 0.717) is 5.02 Å². The number of anilines is 2. The van der Waals surface area contributed by atoms with Crippen molar-refractivity contribution in [2.45, 2.75) is 19.9 Å². The Morgan fingerprint density at radius 1 is 1.24 bits per heavy atom. The second-order valence-electron chi connectivity index (χ2n) is 4.80. The SMILES string of the molecule is CC(=O)Nc1cccc(C(C)Nc2ccc(Br)cc2Cl)c1. The van der Waals surface area contributed by atoms with Crippen molar-refractivity contribution >= 4 is 44.8 Å². The first-order chi connectivity index (χ1) is 9.95. The van der Waals surface area contributed by atoms with Crippen LogP contribution in [-0.4, -0.2) is 5.91 Å². The van der Waals surface area contributed by atoms with Gasteiger partial charge >= 0.3 is 0 Å². The van der Waals surface area contributed by atoms with Gasteiger partial charge in [-0.2, -0.15) is 0 Å². The minimum Gasteiger partial charge on any atom is -0.377 e. The van der Waals surface area contributed by atoms with Gasteiger partial charge in [-0.1, -0.05) is 39.7 Å². The predicted octanol–water partition coefficient (Wildman–Crippen LogP) is 5.23. The van der Waals surface area contributed by atoms with Crippen molar-refractivity contribution < 1.29 is 4.79 Å². The van der Waals surface area contributed by atoms with Gasteiger partial charge in [-0.3, -0.25) is 4.79 Å². The highest BCUT2D eigenvalue weighted by Gasteiger charge is 2.09. The molecule has 0 bridgehead atoms. The second kappa shape index (κ2) is 6.96. The number of halogens is 2. The molecule has 2 aromatic rings. The lowest BCUT2D eigenvalue weighted by Crippen LogP contribution is -2.09. The van der Waals surface area contributed by atoms with E-state index in [-0.39, 0.29) is 11.9 Å². The Labute approximate surface area is 137 Å². The number of nitrogens with one attached hydrogen (secondary N) is 2. The second-order valence-corrected chi connectivity index (χ2v) is 6.12. The first-order valence-electron chi connectivity index (χ1n) is 6.55. The van der Waals surface area contributed by atoms with Crippen molar-refractivity contribution in [1.29, 1.82) is 0 Å². The molecule has 2 rings (SSSR count). The van der Waals surface area contributed by atoms with Crippen LogP contribution in [0.3, 0.4) is 0 Å². The Morgan fingerprint density at radius 3 is 2.67 bits per heavy atom. The summed E-state index contributed by atoms with van der Waals surface area (Å²) < 4.78 is 0.943. The molecule has 1 unspecified atom stereocenters. The third-order valence-corrected chi connectivity index (χ3v) is 3.82. The van der Waals surface area contributed by atoms with Gasteiger partial charge in [-0.25, -0.2) is 0 Å². The van der Waals surface area contributed by atoms with Crippen molar-refractivity contribution in [3.8, 4) is 0 Å². The van der Waals surface area contributed by atoms with E-state index in [1.54, 1.807) is 0 Å². The van der Waals surface area contributed by atoms with Crippen LogP contribution in [-0.2, 0) is 4.79 Å². The van der Waals surface area contributed by atoms with E-state index in [1.165, 1.54) is 6.92 Å². The molecule has 0 aromatic heterocycles. The van der Waals surface area contributed by atoms with Crippen LogP contribution in [0.2, 0.25) is 5.02 Å². The number of benzene rings is 2. The van der Waals surface area contributed by atoms with Crippen LogP contribution in [0.5, 0.6) is 0 Å². The highest BCUT2D eigenvalue weighted by molar-refractivity contribution is 9.10. The van der Waals surface area contributed by atoms with E-state index in [2.05, 4.69) is 26.6 Å². The monoisotopic (exact) mass is 366 g/mol. The van der Waals surface area contributed by atoms with Crippen molar-refractivity contribution in [2.75, 3.05) is 10.6 Å². The zero-order chi connectivity index (χ0) is 15.4. The van der Waals surface area contributed by atoms with Gasteiger partial charge in [-0.05, 0) is 42.8 Å². The molecule has 2 aromatic carbocycles. The highest BCUT2D eigenvalue weighted by atomic mass is 79.9. The van der Waals surface area contributed by atoms with E-state index in [9.17, 15) is 4.79 Å². The van der Waals surface area contributed by atoms with Crippen molar-refractivity contribution in [3.05, 3.63) is 57.5 Å². The summed E-state index contributed by atoms with van der Waals surface area (Å²) in [4.78, 5) is 11.1. The average molecular weight is 368 g/mol. The summed E-state index contributed by atoms with van der Waals surface area (Å²) in [5.41, 5.74) is 2.73. The molecule has 2 N–H and O–H groups in total. The lowest BCUT2D eigenvalue weighted by atomic mass is 10.1. The average Bonchev–Trinajstić information content (AvgIpc) is 2.41. The van der Waals surface area contributed by atoms with Gasteiger partial charge in [0.1, 0.15) is 0 Å².